The number of nitrogens with one attached hydrogen (secondary N) is 2. The molecule has 1 saturated carbocycles. The first-order valence-corrected chi connectivity index (χ1v) is 7.62. The molecule has 1 aliphatic rings. The maximum Gasteiger partial charge on any atom is 0.314 e. The van der Waals surface area contributed by atoms with E-state index in [0.717, 1.165) is 25.8 Å². The Bertz CT molecular complexity index is 284. The van der Waals surface area contributed by atoms with Crippen LogP contribution >= 0.6 is 0 Å². The van der Waals surface area contributed by atoms with Crippen molar-refractivity contribution in [3.63, 3.8) is 0 Å². The molecule has 2 amide bonds. The van der Waals surface area contributed by atoms with Gasteiger partial charge >= 0.3 is 6.03 Å². The molecule has 0 aromatic rings. The zero-order valence-corrected chi connectivity index (χ0v) is 12.7. The summed E-state index contributed by atoms with van der Waals surface area (Å²) in [7, 11) is 0. The predicted octanol–water partition coefficient (Wildman–Crippen LogP) is 2.66. The second kappa shape index (κ2) is 7.13. The van der Waals surface area contributed by atoms with Crippen LogP contribution in [0.25, 0.3) is 0 Å². The van der Waals surface area contributed by atoms with E-state index in [4.69, 9.17) is 5.11 Å². The largest absolute Gasteiger partial charge is 0.396 e. The van der Waals surface area contributed by atoms with Crippen LogP contribution in [0.15, 0.2) is 0 Å². The Morgan fingerprint density at radius 2 is 1.89 bits per heavy atom. The average Bonchev–Trinajstić information content (AvgIpc) is 2.39. The number of urea groups is 1. The summed E-state index contributed by atoms with van der Waals surface area (Å²) in [4.78, 5) is 11.8. The van der Waals surface area contributed by atoms with Crippen LogP contribution in [0.4, 0.5) is 4.79 Å². The number of amides is 2. The molecule has 0 unspecified atom stereocenters. The summed E-state index contributed by atoms with van der Waals surface area (Å²) in [5.41, 5.74) is 0.349. The van der Waals surface area contributed by atoms with Gasteiger partial charge in [-0.15, -0.1) is 0 Å². The summed E-state index contributed by atoms with van der Waals surface area (Å²) in [6, 6.07) is -0.0719. The summed E-state index contributed by atoms with van der Waals surface area (Å²) in [6.07, 6.45) is 6.41. The third-order valence-corrected chi connectivity index (χ3v) is 5.00. The van der Waals surface area contributed by atoms with Gasteiger partial charge in [0.15, 0.2) is 0 Å². The number of hydrogen-bond donors (Lipinski definition) is 3. The van der Waals surface area contributed by atoms with Crippen molar-refractivity contribution >= 4 is 6.03 Å². The number of hydrogen-bond acceptors (Lipinski definition) is 2. The van der Waals surface area contributed by atoms with Crippen molar-refractivity contribution in [2.75, 3.05) is 19.7 Å². The molecule has 0 atom stereocenters. The zero-order chi connectivity index (χ0) is 14.4. The van der Waals surface area contributed by atoms with Gasteiger partial charge in [0.05, 0.1) is 0 Å². The third kappa shape index (κ3) is 4.68. The highest BCUT2D eigenvalue weighted by atomic mass is 16.3. The highest BCUT2D eigenvalue weighted by Gasteiger charge is 2.32. The first-order chi connectivity index (χ1) is 8.99. The lowest BCUT2D eigenvalue weighted by Crippen LogP contribution is -2.47. The van der Waals surface area contributed by atoms with Crippen LogP contribution in [0.1, 0.15) is 59.3 Å². The van der Waals surface area contributed by atoms with E-state index in [2.05, 4.69) is 31.4 Å². The number of rotatable bonds is 8. The third-order valence-electron chi connectivity index (χ3n) is 5.00. The first kappa shape index (κ1) is 16.3. The van der Waals surface area contributed by atoms with Crippen LogP contribution in [-0.2, 0) is 0 Å². The van der Waals surface area contributed by atoms with Crippen molar-refractivity contribution in [2.45, 2.75) is 59.3 Å². The highest BCUT2D eigenvalue weighted by Crippen LogP contribution is 2.39. The number of carbonyl (C=O) groups is 1. The van der Waals surface area contributed by atoms with E-state index in [9.17, 15) is 4.79 Å². The van der Waals surface area contributed by atoms with Crippen LogP contribution in [0.3, 0.4) is 0 Å². The maximum absolute atomic E-state index is 11.8. The lowest BCUT2D eigenvalue weighted by molar-refractivity contribution is 0.150. The summed E-state index contributed by atoms with van der Waals surface area (Å²) < 4.78 is 0. The van der Waals surface area contributed by atoms with Crippen LogP contribution < -0.4 is 10.6 Å². The van der Waals surface area contributed by atoms with Crippen molar-refractivity contribution in [1.29, 1.82) is 0 Å². The van der Waals surface area contributed by atoms with Crippen molar-refractivity contribution < 1.29 is 9.90 Å². The SMILES string of the molecule is CCC(CC)(CCO)CNC(=O)NCC1(C)CCC1. The molecular formula is C15H30N2O2. The summed E-state index contributed by atoms with van der Waals surface area (Å²) >= 11 is 0. The molecule has 0 bridgehead atoms. The van der Waals surface area contributed by atoms with Crippen molar-refractivity contribution in [2.24, 2.45) is 10.8 Å². The molecule has 0 aromatic carbocycles. The Hall–Kier alpha value is -0.770. The molecule has 1 fully saturated rings. The van der Waals surface area contributed by atoms with Gasteiger partial charge in [-0.25, -0.2) is 4.79 Å². The quantitative estimate of drug-likeness (QED) is 0.635. The highest BCUT2D eigenvalue weighted by molar-refractivity contribution is 5.73. The average molecular weight is 270 g/mol. The smallest absolute Gasteiger partial charge is 0.314 e. The lowest BCUT2D eigenvalue weighted by atomic mass is 9.70. The van der Waals surface area contributed by atoms with Gasteiger partial charge in [0.2, 0.25) is 0 Å². The normalized spacial score (nSPS) is 17.7. The molecule has 0 heterocycles. The van der Waals surface area contributed by atoms with Gasteiger partial charge in [-0.05, 0) is 42.9 Å². The summed E-state index contributed by atoms with van der Waals surface area (Å²) in [5.74, 6) is 0. The molecule has 0 radical (unpaired) electrons. The van der Waals surface area contributed by atoms with E-state index >= 15 is 0 Å². The van der Waals surface area contributed by atoms with Gasteiger partial charge < -0.3 is 15.7 Å². The van der Waals surface area contributed by atoms with Crippen LogP contribution in [0.2, 0.25) is 0 Å². The summed E-state index contributed by atoms with van der Waals surface area (Å²) in [6.45, 7) is 8.06. The number of aliphatic hydroxyl groups is 1. The fourth-order valence-corrected chi connectivity index (χ4v) is 2.76. The second-order valence-electron chi connectivity index (χ2n) is 6.38. The van der Waals surface area contributed by atoms with Gasteiger partial charge in [0.1, 0.15) is 0 Å². The Morgan fingerprint density at radius 1 is 1.26 bits per heavy atom. The minimum atomic E-state index is -0.0719. The molecule has 0 aromatic heterocycles. The van der Waals surface area contributed by atoms with Gasteiger partial charge in [-0.2, -0.15) is 0 Å². The van der Waals surface area contributed by atoms with E-state index in [-0.39, 0.29) is 18.1 Å². The standard InChI is InChI=1S/C15H30N2O2/c1-4-15(5-2,9-10-18)12-17-13(19)16-11-14(3)7-6-8-14/h18H,4-12H2,1-3H3,(H2,16,17,19). The minimum absolute atomic E-state index is 0.0342. The molecule has 1 aliphatic carbocycles. The van der Waals surface area contributed by atoms with E-state index in [1.807, 2.05) is 0 Å². The predicted molar refractivity (Wildman–Crippen MR) is 78.1 cm³/mol. The van der Waals surface area contributed by atoms with Crippen molar-refractivity contribution in [3.8, 4) is 0 Å². The zero-order valence-electron chi connectivity index (χ0n) is 12.7. The van der Waals surface area contributed by atoms with Crippen molar-refractivity contribution in [3.05, 3.63) is 0 Å². The monoisotopic (exact) mass is 270 g/mol. The first-order valence-electron chi connectivity index (χ1n) is 7.62. The van der Waals surface area contributed by atoms with Gasteiger partial charge in [-0.1, -0.05) is 27.2 Å². The topological polar surface area (TPSA) is 61.4 Å². The lowest BCUT2D eigenvalue weighted by Gasteiger charge is -2.38. The van der Waals surface area contributed by atoms with Crippen LogP contribution in [-0.4, -0.2) is 30.8 Å². The van der Waals surface area contributed by atoms with Gasteiger partial charge in [-0.3, -0.25) is 0 Å². The molecule has 19 heavy (non-hydrogen) atoms. The second-order valence-corrected chi connectivity index (χ2v) is 6.38. The van der Waals surface area contributed by atoms with E-state index in [1.165, 1.54) is 19.3 Å². The fraction of sp³-hybridized carbons (Fsp3) is 0.933. The van der Waals surface area contributed by atoms with E-state index in [0.29, 0.717) is 12.0 Å². The maximum atomic E-state index is 11.8. The number of carbonyl (C=O) groups excluding carboxylic acids is 1. The summed E-state index contributed by atoms with van der Waals surface area (Å²) in [5, 5.41) is 15.1. The molecular weight excluding hydrogens is 240 g/mol. The molecule has 4 heteroatoms. The molecule has 0 aliphatic heterocycles. The van der Waals surface area contributed by atoms with E-state index < -0.39 is 0 Å². The van der Waals surface area contributed by atoms with Crippen LogP contribution in [0, 0.1) is 10.8 Å². The van der Waals surface area contributed by atoms with E-state index in [1.54, 1.807) is 0 Å². The molecule has 0 saturated heterocycles. The number of aliphatic hydroxyl groups excluding tert-OH is 1. The molecule has 1 rings (SSSR count). The fourth-order valence-electron chi connectivity index (χ4n) is 2.76. The van der Waals surface area contributed by atoms with Crippen LogP contribution in [0.5, 0.6) is 0 Å². The van der Waals surface area contributed by atoms with Crippen molar-refractivity contribution in [1.82, 2.24) is 10.6 Å². The molecule has 4 nitrogen and oxygen atoms in total. The Balaban J connectivity index is 2.30. The van der Waals surface area contributed by atoms with Gasteiger partial charge in [0.25, 0.3) is 0 Å². The molecule has 0 spiro atoms. The Morgan fingerprint density at radius 3 is 2.32 bits per heavy atom. The molecule has 112 valence electrons. The molecule has 3 N–H and O–H groups in total. The Kier molecular flexibility index (Phi) is 6.11. The Labute approximate surface area is 117 Å². The van der Waals surface area contributed by atoms with Gasteiger partial charge in [0, 0.05) is 19.7 Å². The minimum Gasteiger partial charge on any atom is -0.396 e.